The molecule has 2 rings (SSSR count). The summed E-state index contributed by atoms with van der Waals surface area (Å²) in [5.41, 5.74) is 3.30. The van der Waals surface area contributed by atoms with Crippen molar-refractivity contribution in [3.8, 4) is 0 Å². The summed E-state index contributed by atoms with van der Waals surface area (Å²) in [6.45, 7) is 6.84. The summed E-state index contributed by atoms with van der Waals surface area (Å²) < 4.78 is 0. The van der Waals surface area contributed by atoms with E-state index in [4.69, 9.17) is 0 Å². The van der Waals surface area contributed by atoms with E-state index in [9.17, 15) is 9.90 Å². The predicted molar refractivity (Wildman–Crippen MR) is 74.9 cm³/mol. The van der Waals surface area contributed by atoms with Gasteiger partial charge in [-0.1, -0.05) is 29.3 Å². The summed E-state index contributed by atoms with van der Waals surface area (Å²) in [4.78, 5) is 13.4. The molecule has 1 aromatic carbocycles. The zero-order chi connectivity index (χ0) is 13.8. The van der Waals surface area contributed by atoms with Crippen LogP contribution in [0.2, 0.25) is 0 Å². The summed E-state index contributed by atoms with van der Waals surface area (Å²) in [7, 11) is 0. The Morgan fingerprint density at radius 2 is 1.95 bits per heavy atom. The Labute approximate surface area is 114 Å². The molecular formula is C15H22N2O2. The molecule has 0 radical (unpaired) electrons. The molecule has 0 aliphatic carbocycles. The Morgan fingerprint density at radius 1 is 1.26 bits per heavy atom. The molecule has 1 unspecified atom stereocenters. The molecule has 4 nitrogen and oxygen atoms in total. The molecule has 2 N–H and O–H groups in total. The van der Waals surface area contributed by atoms with Crippen molar-refractivity contribution in [3.63, 3.8) is 0 Å². The third kappa shape index (κ3) is 4.04. The number of carbonyl (C=O) groups excluding carboxylic acids is 1. The van der Waals surface area contributed by atoms with Gasteiger partial charge in [-0.25, -0.2) is 0 Å². The van der Waals surface area contributed by atoms with E-state index in [0.29, 0.717) is 26.1 Å². The number of hydrogen-bond donors (Lipinski definition) is 2. The highest BCUT2D eigenvalue weighted by Crippen LogP contribution is 2.18. The van der Waals surface area contributed by atoms with Crippen LogP contribution in [0.4, 0.5) is 0 Å². The number of nitrogens with one attached hydrogen (secondary N) is 1. The molecule has 1 amide bonds. The van der Waals surface area contributed by atoms with Gasteiger partial charge in [-0.05, 0) is 19.4 Å². The number of amides is 1. The number of aliphatic hydroxyl groups is 1. The summed E-state index contributed by atoms with van der Waals surface area (Å²) in [5.74, 6) is 0.100. The van der Waals surface area contributed by atoms with E-state index in [1.165, 1.54) is 11.1 Å². The minimum absolute atomic E-state index is 0.100. The van der Waals surface area contributed by atoms with Gasteiger partial charge in [0.1, 0.15) is 0 Å². The first kappa shape index (κ1) is 14.0. The molecule has 0 saturated carbocycles. The molecule has 1 heterocycles. The maximum Gasteiger partial charge on any atom is 0.221 e. The molecule has 1 atom stereocenters. The number of benzene rings is 1. The summed E-state index contributed by atoms with van der Waals surface area (Å²) in [6, 6.07) is 6.16. The van der Waals surface area contributed by atoms with Crippen molar-refractivity contribution in [1.82, 2.24) is 10.2 Å². The summed E-state index contributed by atoms with van der Waals surface area (Å²) in [5, 5.41) is 13.2. The van der Waals surface area contributed by atoms with Crippen molar-refractivity contribution in [3.05, 3.63) is 34.9 Å². The molecule has 104 valence electrons. The Bertz CT molecular complexity index is 439. The van der Waals surface area contributed by atoms with E-state index in [1.807, 2.05) is 26.0 Å². The van der Waals surface area contributed by atoms with E-state index in [1.54, 1.807) is 0 Å². The van der Waals surface area contributed by atoms with Gasteiger partial charge in [-0.3, -0.25) is 9.69 Å². The second-order valence-electron chi connectivity index (χ2n) is 5.34. The lowest BCUT2D eigenvalue weighted by Gasteiger charge is -2.23. The smallest absolute Gasteiger partial charge is 0.221 e. The van der Waals surface area contributed by atoms with Crippen LogP contribution in [0, 0.1) is 13.8 Å². The topological polar surface area (TPSA) is 52.6 Å². The van der Waals surface area contributed by atoms with E-state index in [-0.39, 0.29) is 5.91 Å². The first-order valence-corrected chi connectivity index (χ1v) is 6.80. The van der Waals surface area contributed by atoms with E-state index >= 15 is 0 Å². The third-order valence-corrected chi connectivity index (χ3v) is 3.47. The van der Waals surface area contributed by atoms with Gasteiger partial charge in [-0.2, -0.15) is 0 Å². The Kier molecular flexibility index (Phi) is 4.56. The standard InChI is InChI=1S/C15H22N2O2/c1-11-7-12(2)9-13(8-11)14(18)10-17-5-3-15(19)16-4-6-17/h7-9,14,18H,3-6,10H2,1-2H3,(H,16,19). The molecule has 1 aliphatic rings. The van der Waals surface area contributed by atoms with Crippen molar-refractivity contribution in [1.29, 1.82) is 0 Å². The van der Waals surface area contributed by atoms with E-state index < -0.39 is 6.10 Å². The molecule has 0 bridgehead atoms. The molecule has 4 heteroatoms. The number of rotatable bonds is 3. The normalized spacial score (nSPS) is 18.8. The molecule has 0 spiro atoms. The fraction of sp³-hybridized carbons (Fsp3) is 0.533. The highest BCUT2D eigenvalue weighted by atomic mass is 16.3. The van der Waals surface area contributed by atoms with Gasteiger partial charge in [-0.15, -0.1) is 0 Å². The van der Waals surface area contributed by atoms with Gasteiger partial charge in [0.15, 0.2) is 0 Å². The molecule has 19 heavy (non-hydrogen) atoms. The maximum absolute atomic E-state index is 11.3. The molecule has 1 aliphatic heterocycles. The van der Waals surface area contributed by atoms with Crippen molar-refractivity contribution < 1.29 is 9.90 Å². The van der Waals surface area contributed by atoms with Crippen LogP contribution < -0.4 is 5.32 Å². The second kappa shape index (κ2) is 6.17. The van der Waals surface area contributed by atoms with Crippen LogP contribution >= 0.6 is 0 Å². The van der Waals surface area contributed by atoms with Crippen LogP contribution in [0.5, 0.6) is 0 Å². The minimum Gasteiger partial charge on any atom is -0.387 e. The monoisotopic (exact) mass is 262 g/mol. The average molecular weight is 262 g/mol. The molecule has 0 aromatic heterocycles. The highest BCUT2D eigenvalue weighted by molar-refractivity contribution is 5.76. The van der Waals surface area contributed by atoms with Crippen molar-refractivity contribution in [2.24, 2.45) is 0 Å². The number of aryl methyl sites for hydroxylation is 2. The quantitative estimate of drug-likeness (QED) is 0.859. The fourth-order valence-corrected chi connectivity index (χ4v) is 2.55. The van der Waals surface area contributed by atoms with Crippen LogP contribution in [0.1, 0.15) is 29.2 Å². The lowest BCUT2D eigenvalue weighted by molar-refractivity contribution is -0.120. The van der Waals surface area contributed by atoms with Gasteiger partial charge in [0.05, 0.1) is 6.10 Å². The lowest BCUT2D eigenvalue weighted by atomic mass is 10.0. The Morgan fingerprint density at radius 3 is 2.63 bits per heavy atom. The number of hydrogen-bond acceptors (Lipinski definition) is 3. The van der Waals surface area contributed by atoms with Crippen LogP contribution in [0.25, 0.3) is 0 Å². The van der Waals surface area contributed by atoms with Crippen LogP contribution in [0.3, 0.4) is 0 Å². The van der Waals surface area contributed by atoms with Gasteiger partial charge in [0.25, 0.3) is 0 Å². The third-order valence-electron chi connectivity index (χ3n) is 3.47. The molecule has 1 saturated heterocycles. The molecular weight excluding hydrogens is 240 g/mol. The first-order chi connectivity index (χ1) is 9.04. The van der Waals surface area contributed by atoms with Crippen LogP contribution in [-0.4, -0.2) is 42.1 Å². The largest absolute Gasteiger partial charge is 0.387 e. The lowest BCUT2D eigenvalue weighted by Crippen LogP contribution is -2.32. The molecule has 1 aromatic rings. The number of β-amino-alcohol motifs (C(OH)–C–C–N with tert-alkyl or cyclic N) is 1. The van der Waals surface area contributed by atoms with Gasteiger partial charge in [0.2, 0.25) is 5.91 Å². The van der Waals surface area contributed by atoms with Gasteiger partial charge < -0.3 is 10.4 Å². The predicted octanol–water partition coefficient (Wildman–Crippen LogP) is 1.16. The zero-order valence-corrected chi connectivity index (χ0v) is 11.6. The number of carbonyl (C=O) groups is 1. The minimum atomic E-state index is -0.494. The van der Waals surface area contributed by atoms with Crippen molar-refractivity contribution >= 4 is 5.91 Å². The van der Waals surface area contributed by atoms with Crippen molar-refractivity contribution in [2.45, 2.75) is 26.4 Å². The number of nitrogens with zero attached hydrogens (tertiary/aromatic N) is 1. The van der Waals surface area contributed by atoms with E-state index in [0.717, 1.165) is 12.1 Å². The van der Waals surface area contributed by atoms with Crippen LogP contribution in [-0.2, 0) is 4.79 Å². The van der Waals surface area contributed by atoms with Crippen LogP contribution in [0.15, 0.2) is 18.2 Å². The fourth-order valence-electron chi connectivity index (χ4n) is 2.55. The average Bonchev–Trinajstić information content (AvgIpc) is 2.53. The second-order valence-corrected chi connectivity index (χ2v) is 5.34. The Hall–Kier alpha value is -1.39. The molecule has 1 fully saturated rings. The zero-order valence-electron chi connectivity index (χ0n) is 11.6. The van der Waals surface area contributed by atoms with Crippen molar-refractivity contribution in [2.75, 3.05) is 26.2 Å². The SMILES string of the molecule is Cc1cc(C)cc(C(O)CN2CCNC(=O)CC2)c1. The van der Waals surface area contributed by atoms with Gasteiger partial charge in [0, 0.05) is 32.6 Å². The van der Waals surface area contributed by atoms with Gasteiger partial charge >= 0.3 is 0 Å². The maximum atomic E-state index is 11.3. The Balaban J connectivity index is 1.99. The summed E-state index contributed by atoms with van der Waals surface area (Å²) in [6.07, 6.45) is 0.0198. The summed E-state index contributed by atoms with van der Waals surface area (Å²) >= 11 is 0. The highest BCUT2D eigenvalue weighted by Gasteiger charge is 2.17. The number of aliphatic hydroxyl groups excluding tert-OH is 1. The first-order valence-electron chi connectivity index (χ1n) is 6.80. The van der Waals surface area contributed by atoms with E-state index in [2.05, 4.69) is 16.3 Å².